The Morgan fingerprint density at radius 1 is 1.11 bits per heavy atom. The van der Waals surface area contributed by atoms with E-state index in [1.165, 1.54) is 6.07 Å². The van der Waals surface area contributed by atoms with E-state index in [1.807, 2.05) is 4.90 Å². The monoisotopic (exact) mass is 540 g/mol. The number of amides is 1. The predicted molar refractivity (Wildman–Crippen MR) is 133 cm³/mol. The van der Waals surface area contributed by atoms with E-state index in [1.54, 1.807) is 22.8 Å². The van der Waals surface area contributed by atoms with E-state index < -0.39 is 11.7 Å². The highest BCUT2D eigenvalue weighted by atomic mass is 35.5. The van der Waals surface area contributed by atoms with E-state index >= 15 is 0 Å². The zero-order valence-electron chi connectivity index (χ0n) is 19.3. The second-order valence-corrected chi connectivity index (χ2v) is 10.1. The quantitative estimate of drug-likeness (QED) is 0.449. The first-order valence-electron chi connectivity index (χ1n) is 11.9. The minimum Gasteiger partial charge on any atom is -0.381 e. The minimum absolute atomic E-state index is 0.0338. The highest BCUT2D eigenvalue weighted by molar-refractivity contribution is 6.42. The summed E-state index contributed by atoms with van der Waals surface area (Å²) >= 11 is 12.5. The molecule has 0 spiro atoms. The second-order valence-electron chi connectivity index (χ2n) is 9.29. The third-order valence-electron chi connectivity index (χ3n) is 6.85. The molecule has 2 aliphatic heterocycles. The van der Waals surface area contributed by atoms with Crippen molar-refractivity contribution in [2.75, 3.05) is 37.7 Å². The zero-order valence-corrected chi connectivity index (χ0v) is 20.8. The van der Waals surface area contributed by atoms with Gasteiger partial charge < -0.3 is 15.0 Å². The van der Waals surface area contributed by atoms with Crippen LogP contribution < -0.4 is 10.2 Å². The Morgan fingerprint density at radius 2 is 1.86 bits per heavy atom. The van der Waals surface area contributed by atoms with Gasteiger partial charge in [-0.3, -0.25) is 9.36 Å². The molecule has 6 nitrogen and oxygen atoms in total. The fourth-order valence-electron chi connectivity index (χ4n) is 4.82. The molecule has 11 heteroatoms. The molecule has 1 aromatic heterocycles. The van der Waals surface area contributed by atoms with Gasteiger partial charge in [0.25, 0.3) is 0 Å². The van der Waals surface area contributed by atoms with Crippen molar-refractivity contribution in [3.63, 3.8) is 0 Å². The molecular formula is C25H25Cl2F3N4O2. The number of nitrogens with zero attached hydrogens (tertiary/aromatic N) is 3. The SMILES string of the molecule is O=C(NCC1CCOC1)C1CCN(c2nc3cc(Cl)c(Cl)cc3n2-c2cccc(C(F)(F)F)c2)CC1. The molecule has 0 aliphatic carbocycles. The van der Waals surface area contributed by atoms with Crippen LogP contribution in [0.1, 0.15) is 24.8 Å². The highest BCUT2D eigenvalue weighted by Crippen LogP contribution is 2.36. The van der Waals surface area contributed by atoms with E-state index in [0.717, 1.165) is 25.2 Å². The maximum absolute atomic E-state index is 13.5. The maximum Gasteiger partial charge on any atom is 0.416 e. The Bertz CT molecular complexity index is 1270. The zero-order chi connectivity index (χ0) is 25.4. The number of anilines is 1. The Kier molecular flexibility index (Phi) is 7.07. The topological polar surface area (TPSA) is 59.4 Å². The third-order valence-corrected chi connectivity index (χ3v) is 7.57. The number of rotatable bonds is 5. The summed E-state index contributed by atoms with van der Waals surface area (Å²) in [5.41, 5.74) is 0.642. The summed E-state index contributed by atoms with van der Waals surface area (Å²) < 4.78 is 47.4. The molecule has 2 aromatic carbocycles. The van der Waals surface area contributed by atoms with Crippen LogP contribution in [0.3, 0.4) is 0 Å². The molecule has 3 aromatic rings. The molecule has 36 heavy (non-hydrogen) atoms. The molecule has 1 unspecified atom stereocenters. The lowest BCUT2D eigenvalue weighted by Crippen LogP contribution is -2.42. The van der Waals surface area contributed by atoms with Crippen LogP contribution in [-0.2, 0) is 15.7 Å². The van der Waals surface area contributed by atoms with Crippen molar-refractivity contribution in [3.05, 3.63) is 52.0 Å². The summed E-state index contributed by atoms with van der Waals surface area (Å²) in [6.45, 7) is 3.11. The number of halogens is 5. The summed E-state index contributed by atoms with van der Waals surface area (Å²) in [5.74, 6) is 0.759. The standard InChI is InChI=1S/C25H25Cl2F3N4O2/c26-19-11-21-22(12-20(19)27)34(18-3-1-2-17(10-18)25(28,29)30)24(32-21)33-7-4-16(5-8-33)23(35)31-13-15-6-9-36-14-15/h1-3,10-12,15-16H,4-9,13-14H2,(H,31,35). The van der Waals surface area contributed by atoms with Crippen LogP contribution in [0.2, 0.25) is 10.0 Å². The molecule has 1 atom stereocenters. The first-order chi connectivity index (χ1) is 17.2. The number of alkyl halides is 3. The minimum atomic E-state index is -4.48. The Labute approximate surface area is 216 Å². The number of hydrogen-bond donors (Lipinski definition) is 1. The lowest BCUT2D eigenvalue weighted by molar-refractivity contribution is -0.137. The molecule has 1 N–H and O–H groups in total. The number of hydrogen-bond acceptors (Lipinski definition) is 4. The Balaban J connectivity index is 1.41. The van der Waals surface area contributed by atoms with Gasteiger partial charge >= 0.3 is 6.18 Å². The molecule has 3 heterocycles. The van der Waals surface area contributed by atoms with Crippen LogP contribution in [0.5, 0.6) is 0 Å². The Hall–Kier alpha value is -2.49. The van der Waals surface area contributed by atoms with Crippen molar-refractivity contribution in [2.45, 2.75) is 25.4 Å². The third kappa shape index (κ3) is 5.14. The van der Waals surface area contributed by atoms with Gasteiger partial charge in [-0.1, -0.05) is 29.3 Å². The summed E-state index contributed by atoms with van der Waals surface area (Å²) in [5, 5.41) is 3.64. The van der Waals surface area contributed by atoms with Crippen LogP contribution in [-0.4, -0.2) is 48.3 Å². The maximum atomic E-state index is 13.5. The normalized spacial score (nSPS) is 19.2. The van der Waals surface area contributed by atoms with Crippen molar-refractivity contribution in [2.24, 2.45) is 11.8 Å². The van der Waals surface area contributed by atoms with Gasteiger partial charge in [-0.15, -0.1) is 0 Å². The van der Waals surface area contributed by atoms with Gasteiger partial charge in [0.05, 0.1) is 33.2 Å². The first kappa shape index (κ1) is 25.2. The van der Waals surface area contributed by atoms with Crippen molar-refractivity contribution in [3.8, 4) is 5.69 Å². The Morgan fingerprint density at radius 3 is 2.56 bits per heavy atom. The largest absolute Gasteiger partial charge is 0.416 e. The van der Waals surface area contributed by atoms with Gasteiger partial charge in [0.2, 0.25) is 11.9 Å². The van der Waals surface area contributed by atoms with Gasteiger partial charge in [-0.05, 0) is 49.6 Å². The number of fused-ring (bicyclic) bond motifs is 1. The van der Waals surface area contributed by atoms with Crippen molar-refractivity contribution in [1.82, 2.24) is 14.9 Å². The predicted octanol–water partition coefficient (Wildman–Crippen LogP) is 5.72. The summed E-state index contributed by atoms with van der Waals surface area (Å²) in [4.78, 5) is 19.4. The number of carbonyl (C=O) groups excluding carboxylic acids is 1. The molecule has 0 bridgehead atoms. The van der Waals surface area contributed by atoms with Crippen LogP contribution in [0.4, 0.5) is 19.1 Å². The number of benzene rings is 2. The molecule has 192 valence electrons. The molecule has 1 amide bonds. The average Bonchev–Trinajstić information content (AvgIpc) is 3.50. The van der Waals surface area contributed by atoms with Gasteiger partial charge in [-0.2, -0.15) is 13.2 Å². The van der Waals surface area contributed by atoms with Crippen molar-refractivity contribution >= 4 is 46.1 Å². The molecule has 0 saturated carbocycles. The number of carbonyl (C=O) groups is 1. The van der Waals surface area contributed by atoms with E-state index in [2.05, 4.69) is 5.32 Å². The van der Waals surface area contributed by atoms with Gasteiger partial charge in [0.15, 0.2) is 0 Å². The van der Waals surface area contributed by atoms with Crippen LogP contribution >= 0.6 is 23.2 Å². The van der Waals surface area contributed by atoms with Gasteiger partial charge in [0.1, 0.15) is 0 Å². The molecule has 5 rings (SSSR count). The highest BCUT2D eigenvalue weighted by Gasteiger charge is 2.32. The average molecular weight is 541 g/mol. The van der Waals surface area contributed by atoms with E-state index in [4.69, 9.17) is 32.9 Å². The van der Waals surface area contributed by atoms with E-state index in [9.17, 15) is 18.0 Å². The van der Waals surface area contributed by atoms with E-state index in [-0.39, 0.29) is 16.8 Å². The lowest BCUT2D eigenvalue weighted by Gasteiger charge is -2.32. The number of aromatic nitrogens is 2. The second kappa shape index (κ2) is 10.1. The lowest BCUT2D eigenvalue weighted by atomic mass is 9.95. The van der Waals surface area contributed by atoms with Crippen LogP contribution in [0.15, 0.2) is 36.4 Å². The number of ether oxygens (including phenoxy) is 1. The fourth-order valence-corrected chi connectivity index (χ4v) is 5.14. The molecule has 2 aliphatic rings. The van der Waals surface area contributed by atoms with Crippen molar-refractivity contribution < 1.29 is 22.7 Å². The fraction of sp³-hybridized carbons (Fsp3) is 0.440. The smallest absolute Gasteiger partial charge is 0.381 e. The van der Waals surface area contributed by atoms with Crippen LogP contribution in [0, 0.1) is 11.8 Å². The van der Waals surface area contributed by atoms with Gasteiger partial charge in [-0.25, -0.2) is 4.98 Å². The van der Waals surface area contributed by atoms with Gasteiger partial charge in [0, 0.05) is 43.8 Å². The summed E-state index contributed by atoms with van der Waals surface area (Å²) in [6, 6.07) is 8.34. The summed E-state index contributed by atoms with van der Waals surface area (Å²) in [6.07, 6.45) is -2.30. The van der Waals surface area contributed by atoms with Crippen molar-refractivity contribution in [1.29, 1.82) is 0 Å². The number of imidazole rings is 1. The molecule has 0 radical (unpaired) electrons. The van der Waals surface area contributed by atoms with Crippen LogP contribution in [0.25, 0.3) is 16.7 Å². The number of nitrogens with one attached hydrogen (secondary N) is 1. The number of piperidine rings is 1. The molecule has 2 saturated heterocycles. The molecule has 2 fully saturated rings. The molecular weight excluding hydrogens is 516 g/mol. The van der Waals surface area contributed by atoms with E-state index in [0.29, 0.717) is 72.7 Å². The first-order valence-corrected chi connectivity index (χ1v) is 12.6. The summed E-state index contributed by atoms with van der Waals surface area (Å²) in [7, 11) is 0.